The molecule has 0 nitrogen and oxygen atoms in total. The summed E-state index contributed by atoms with van der Waals surface area (Å²) in [5, 5.41) is 10.3. The van der Waals surface area contributed by atoms with Crippen molar-refractivity contribution < 1.29 is 0 Å². The van der Waals surface area contributed by atoms with Crippen molar-refractivity contribution in [3.05, 3.63) is 182 Å². The van der Waals surface area contributed by atoms with Crippen molar-refractivity contribution in [1.29, 1.82) is 0 Å². The van der Waals surface area contributed by atoms with Gasteiger partial charge in [-0.25, -0.2) is 0 Å². The lowest BCUT2D eigenvalue weighted by Crippen LogP contribution is -1.93. The van der Waals surface area contributed by atoms with Gasteiger partial charge in [-0.2, -0.15) is 0 Å². The van der Waals surface area contributed by atoms with Crippen molar-refractivity contribution in [2.75, 3.05) is 0 Å². The lowest BCUT2D eigenvalue weighted by atomic mass is 9.83. The van der Waals surface area contributed by atoms with Gasteiger partial charge in [0, 0.05) is 20.2 Å². The van der Waals surface area contributed by atoms with Crippen molar-refractivity contribution in [3.63, 3.8) is 0 Å². The van der Waals surface area contributed by atoms with E-state index >= 15 is 0 Å². The monoisotopic (exact) mass is 638 g/mol. The molecule has 9 aromatic carbocycles. The second kappa shape index (κ2) is 11.3. The van der Waals surface area contributed by atoms with Crippen LogP contribution in [-0.2, 0) is 0 Å². The minimum atomic E-state index is 1.23. The lowest BCUT2D eigenvalue weighted by Gasteiger charge is -2.20. The molecule has 0 fully saturated rings. The fourth-order valence-electron chi connectivity index (χ4n) is 7.89. The van der Waals surface area contributed by atoms with Gasteiger partial charge in [-0.1, -0.05) is 158 Å². The molecule has 0 aliphatic carbocycles. The molecule has 10 rings (SSSR count). The van der Waals surface area contributed by atoms with Crippen LogP contribution in [-0.4, -0.2) is 0 Å². The molecule has 0 saturated carbocycles. The second-order valence-corrected chi connectivity index (χ2v) is 13.9. The van der Waals surface area contributed by atoms with Gasteiger partial charge in [0.2, 0.25) is 0 Å². The van der Waals surface area contributed by atoms with Gasteiger partial charge in [0.25, 0.3) is 0 Å². The summed E-state index contributed by atoms with van der Waals surface area (Å²) < 4.78 is 2.66. The van der Waals surface area contributed by atoms with E-state index in [1.54, 1.807) is 0 Å². The van der Waals surface area contributed by atoms with Gasteiger partial charge in [0.05, 0.1) is 0 Å². The molecule has 0 N–H and O–H groups in total. The van der Waals surface area contributed by atoms with Gasteiger partial charge in [-0.3, -0.25) is 0 Å². The Hall–Kier alpha value is -6.02. The third-order valence-corrected chi connectivity index (χ3v) is 11.2. The zero-order valence-corrected chi connectivity index (χ0v) is 27.5. The van der Waals surface area contributed by atoms with E-state index in [1.807, 2.05) is 11.3 Å². The molecule has 0 aliphatic heterocycles. The van der Waals surface area contributed by atoms with E-state index in [2.05, 4.69) is 182 Å². The molecule has 1 aromatic heterocycles. The molecule has 0 atom stereocenters. The fourth-order valence-corrected chi connectivity index (χ4v) is 9.06. The molecule has 0 radical (unpaired) electrons. The van der Waals surface area contributed by atoms with E-state index in [0.29, 0.717) is 0 Å². The van der Waals surface area contributed by atoms with Crippen LogP contribution in [0.15, 0.2) is 182 Å². The Morgan fingerprint density at radius 1 is 0.286 bits per heavy atom. The smallest absolute Gasteiger partial charge is 0.0362 e. The minimum absolute atomic E-state index is 1.23. The largest absolute Gasteiger partial charge is 0.135 e. The zero-order chi connectivity index (χ0) is 32.3. The first kappa shape index (κ1) is 28.0. The van der Waals surface area contributed by atoms with E-state index < -0.39 is 0 Å². The van der Waals surface area contributed by atoms with E-state index in [4.69, 9.17) is 0 Å². The van der Waals surface area contributed by atoms with Crippen LogP contribution >= 0.6 is 11.3 Å². The highest BCUT2D eigenvalue weighted by atomic mass is 32.1. The van der Waals surface area contributed by atoms with Gasteiger partial charge in [0.15, 0.2) is 0 Å². The molecule has 228 valence electrons. The summed E-state index contributed by atoms with van der Waals surface area (Å²) >= 11 is 1.89. The van der Waals surface area contributed by atoms with Crippen LogP contribution in [0.3, 0.4) is 0 Å². The van der Waals surface area contributed by atoms with Gasteiger partial charge in [0.1, 0.15) is 0 Å². The number of hydrogen-bond acceptors (Lipinski definition) is 1. The average molecular weight is 639 g/mol. The Balaban J connectivity index is 1.23. The number of rotatable bonds is 4. The molecule has 10 aromatic rings. The Kier molecular flexibility index (Phi) is 6.47. The molecule has 49 heavy (non-hydrogen) atoms. The molecular formula is C48H30S. The van der Waals surface area contributed by atoms with Crippen LogP contribution < -0.4 is 0 Å². The molecule has 0 unspecified atom stereocenters. The number of thiophene rings is 1. The Labute approximate surface area is 289 Å². The van der Waals surface area contributed by atoms with Gasteiger partial charge < -0.3 is 0 Å². The maximum Gasteiger partial charge on any atom is 0.0362 e. The summed E-state index contributed by atoms with van der Waals surface area (Å²) in [6.45, 7) is 0. The lowest BCUT2D eigenvalue weighted by molar-refractivity contribution is 1.60. The van der Waals surface area contributed by atoms with E-state index in [1.165, 1.54) is 97.0 Å². The molecule has 0 aliphatic rings. The SMILES string of the molecule is c1ccc(-c2ccccc2-c2c3ccccc3c(-c3cccc(-c4cccc5sc6cc7ccccc7cc6c45)c3)c3ccccc23)cc1. The quantitative estimate of drug-likeness (QED) is 0.168. The summed E-state index contributed by atoms with van der Waals surface area (Å²) in [6.07, 6.45) is 0. The van der Waals surface area contributed by atoms with Crippen LogP contribution in [0, 0.1) is 0 Å². The van der Waals surface area contributed by atoms with Crippen LogP contribution in [0.5, 0.6) is 0 Å². The third-order valence-electron chi connectivity index (χ3n) is 10.0. The molecule has 0 spiro atoms. The fraction of sp³-hybridized carbons (Fsp3) is 0. The maximum absolute atomic E-state index is 2.41. The highest BCUT2D eigenvalue weighted by Gasteiger charge is 2.19. The molecule has 0 amide bonds. The van der Waals surface area contributed by atoms with Crippen molar-refractivity contribution in [2.45, 2.75) is 0 Å². The van der Waals surface area contributed by atoms with Gasteiger partial charge >= 0.3 is 0 Å². The van der Waals surface area contributed by atoms with E-state index in [-0.39, 0.29) is 0 Å². The van der Waals surface area contributed by atoms with Crippen LogP contribution in [0.4, 0.5) is 0 Å². The Morgan fingerprint density at radius 3 is 1.55 bits per heavy atom. The van der Waals surface area contributed by atoms with E-state index in [9.17, 15) is 0 Å². The predicted octanol–water partition coefficient (Wildman–Crippen LogP) is 14.2. The molecular weight excluding hydrogens is 609 g/mol. The maximum atomic E-state index is 2.41. The second-order valence-electron chi connectivity index (χ2n) is 12.8. The molecule has 1 heterocycles. The van der Waals surface area contributed by atoms with Crippen LogP contribution in [0.2, 0.25) is 0 Å². The first-order valence-electron chi connectivity index (χ1n) is 16.8. The molecule has 0 bridgehead atoms. The summed E-state index contributed by atoms with van der Waals surface area (Å²) in [5.74, 6) is 0. The van der Waals surface area contributed by atoms with Crippen LogP contribution in [0.1, 0.15) is 0 Å². The normalized spacial score (nSPS) is 11.7. The summed E-state index contributed by atoms with van der Waals surface area (Å²) in [5.41, 5.74) is 10.0. The third kappa shape index (κ3) is 4.51. The highest BCUT2D eigenvalue weighted by Crippen LogP contribution is 2.47. The van der Waals surface area contributed by atoms with Gasteiger partial charge in [-0.15, -0.1) is 11.3 Å². The van der Waals surface area contributed by atoms with Crippen molar-refractivity contribution in [3.8, 4) is 44.5 Å². The van der Waals surface area contributed by atoms with Gasteiger partial charge in [-0.05, 0) is 101 Å². The average Bonchev–Trinajstić information content (AvgIpc) is 3.54. The summed E-state index contributed by atoms with van der Waals surface area (Å²) in [7, 11) is 0. The summed E-state index contributed by atoms with van der Waals surface area (Å²) in [6, 6.07) is 66.9. The zero-order valence-electron chi connectivity index (χ0n) is 26.7. The summed E-state index contributed by atoms with van der Waals surface area (Å²) in [4.78, 5) is 0. The highest BCUT2D eigenvalue weighted by molar-refractivity contribution is 7.26. The van der Waals surface area contributed by atoms with Crippen LogP contribution in [0.25, 0.3) is 97.0 Å². The molecule has 1 heteroatoms. The van der Waals surface area contributed by atoms with Crippen molar-refractivity contribution in [2.24, 2.45) is 0 Å². The minimum Gasteiger partial charge on any atom is -0.135 e. The number of hydrogen-bond donors (Lipinski definition) is 0. The predicted molar refractivity (Wildman–Crippen MR) is 214 cm³/mol. The first-order valence-corrected chi connectivity index (χ1v) is 17.7. The topological polar surface area (TPSA) is 0 Å². The number of fused-ring (bicyclic) bond motifs is 6. The first-order chi connectivity index (χ1) is 24.3. The molecule has 0 saturated heterocycles. The number of benzene rings is 9. The Morgan fingerprint density at radius 2 is 0.816 bits per heavy atom. The standard InChI is InChI=1S/C48H30S/c1-2-14-31(15-3-1)36-20-6-7-21-38(36)47-41-24-10-8-22-39(41)46(40-23-9-11-25-42(40)47)35-19-12-18-34(28-35)37-26-13-27-44-48(37)43-29-32-16-4-5-17-33(32)30-45(43)49-44/h1-30H. The van der Waals surface area contributed by atoms with E-state index in [0.717, 1.165) is 0 Å². The van der Waals surface area contributed by atoms with Crippen molar-refractivity contribution in [1.82, 2.24) is 0 Å². The Bertz CT molecular complexity index is 2820. The van der Waals surface area contributed by atoms with Crippen molar-refractivity contribution >= 4 is 63.8 Å².